The fourth-order valence-electron chi connectivity index (χ4n) is 4.47. The molecule has 0 saturated carbocycles. The quantitative estimate of drug-likeness (QED) is 0.273. The summed E-state index contributed by atoms with van der Waals surface area (Å²) in [4.78, 5) is 12.9. The van der Waals surface area contributed by atoms with Gasteiger partial charge in [0.05, 0.1) is 23.0 Å². The lowest BCUT2D eigenvalue weighted by atomic mass is 10.1. The number of hydrogen-bond donors (Lipinski definition) is 1. The Hall–Kier alpha value is -3.26. The maximum Gasteiger partial charge on any atom is 0.140 e. The first kappa shape index (κ1) is 25.4. The van der Waals surface area contributed by atoms with Crippen LogP contribution in [-0.2, 0) is 0 Å². The van der Waals surface area contributed by atoms with E-state index >= 15 is 0 Å². The molecule has 1 fully saturated rings. The van der Waals surface area contributed by atoms with Gasteiger partial charge in [-0.05, 0) is 80.2 Å². The van der Waals surface area contributed by atoms with Crippen LogP contribution in [0.4, 0.5) is 8.78 Å². The van der Waals surface area contributed by atoms with Crippen LogP contribution in [0, 0.1) is 11.6 Å². The van der Waals surface area contributed by atoms with E-state index in [9.17, 15) is 8.78 Å². The van der Waals surface area contributed by atoms with Crippen molar-refractivity contribution in [3.8, 4) is 39.7 Å². The molecule has 0 unspecified atom stereocenters. The fraction of sp³-hybridized carbons (Fsp3) is 0.276. The maximum absolute atomic E-state index is 13.6. The molecule has 5 rings (SSSR count). The lowest BCUT2D eigenvalue weighted by molar-refractivity contribution is 0.145. The Morgan fingerprint density at radius 3 is 2.19 bits per heavy atom. The lowest BCUT2D eigenvalue weighted by Crippen LogP contribution is -2.44. The van der Waals surface area contributed by atoms with Crippen molar-refractivity contribution in [2.75, 3.05) is 46.4 Å². The molecule has 1 aromatic heterocycles. The second kappa shape index (κ2) is 11.4. The Morgan fingerprint density at radius 2 is 1.54 bits per heavy atom. The highest BCUT2D eigenvalue weighted by atomic mass is 35.5. The standard InChI is InChI=1S/C29H29ClF2N4O/c1-35-14-16-36(17-15-35)13-2-18-37-24-11-12-25(26(30)19-24)29-33-27(20-3-7-22(31)8-4-20)28(34-29)21-5-9-23(32)10-6-21/h3-12,19H,2,13-18H2,1H3,(H,33,34). The molecule has 8 heteroatoms. The van der Waals surface area contributed by atoms with Gasteiger partial charge in [0.1, 0.15) is 23.2 Å². The summed E-state index contributed by atoms with van der Waals surface area (Å²) < 4.78 is 33.1. The second-order valence-corrected chi connectivity index (χ2v) is 9.72. The minimum Gasteiger partial charge on any atom is -0.493 e. The van der Waals surface area contributed by atoms with Gasteiger partial charge in [0.2, 0.25) is 0 Å². The Bertz CT molecular complexity index is 1270. The average Bonchev–Trinajstić information content (AvgIpc) is 3.34. The van der Waals surface area contributed by atoms with Crippen LogP contribution < -0.4 is 4.74 Å². The van der Waals surface area contributed by atoms with E-state index in [1.807, 2.05) is 12.1 Å². The van der Waals surface area contributed by atoms with Crippen molar-refractivity contribution in [1.29, 1.82) is 0 Å². The number of aromatic amines is 1. The van der Waals surface area contributed by atoms with E-state index in [0.29, 0.717) is 40.2 Å². The number of benzene rings is 3. The molecule has 2 heterocycles. The number of likely N-dealkylation sites (N-methyl/N-ethyl adjacent to an activating group) is 1. The molecule has 37 heavy (non-hydrogen) atoms. The van der Waals surface area contributed by atoms with Gasteiger partial charge in [-0.25, -0.2) is 13.8 Å². The summed E-state index contributed by atoms with van der Waals surface area (Å²) >= 11 is 6.66. The molecule has 5 nitrogen and oxygen atoms in total. The summed E-state index contributed by atoms with van der Waals surface area (Å²) in [5, 5.41) is 0.502. The van der Waals surface area contributed by atoms with Crippen LogP contribution >= 0.6 is 11.6 Å². The van der Waals surface area contributed by atoms with Crippen molar-refractivity contribution in [1.82, 2.24) is 19.8 Å². The number of nitrogens with one attached hydrogen (secondary N) is 1. The molecule has 0 atom stereocenters. The summed E-state index contributed by atoms with van der Waals surface area (Å²) in [5.74, 6) is 0.612. The first-order chi connectivity index (χ1) is 18.0. The van der Waals surface area contributed by atoms with Crippen LogP contribution in [0.3, 0.4) is 0 Å². The topological polar surface area (TPSA) is 44.4 Å². The van der Waals surface area contributed by atoms with Crippen molar-refractivity contribution >= 4 is 11.6 Å². The van der Waals surface area contributed by atoms with E-state index < -0.39 is 0 Å². The van der Waals surface area contributed by atoms with Gasteiger partial charge < -0.3 is 19.5 Å². The summed E-state index contributed by atoms with van der Waals surface area (Å²) in [5.41, 5.74) is 3.53. The second-order valence-electron chi connectivity index (χ2n) is 9.31. The van der Waals surface area contributed by atoms with Gasteiger partial charge in [0.15, 0.2) is 0 Å². The van der Waals surface area contributed by atoms with E-state index in [4.69, 9.17) is 21.3 Å². The molecule has 0 amide bonds. The predicted molar refractivity (Wildman–Crippen MR) is 144 cm³/mol. The van der Waals surface area contributed by atoms with Gasteiger partial charge in [-0.3, -0.25) is 0 Å². The highest BCUT2D eigenvalue weighted by molar-refractivity contribution is 6.33. The number of hydrogen-bond acceptors (Lipinski definition) is 4. The number of halogens is 3. The largest absolute Gasteiger partial charge is 0.493 e. The number of aromatic nitrogens is 2. The molecule has 0 bridgehead atoms. The third-order valence-corrected chi connectivity index (χ3v) is 6.95. The van der Waals surface area contributed by atoms with Crippen LogP contribution in [0.2, 0.25) is 5.02 Å². The molecule has 3 aromatic carbocycles. The zero-order valence-corrected chi connectivity index (χ0v) is 21.4. The molecule has 1 aliphatic heterocycles. The van der Waals surface area contributed by atoms with Crippen LogP contribution in [0.25, 0.3) is 33.9 Å². The van der Waals surface area contributed by atoms with Crippen LogP contribution in [-0.4, -0.2) is 66.1 Å². The first-order valence-corrected chi connectivity index (χ1v) is 12.8. The van der Waals surface area contributed by atoms with E-state index in [-0.39, 0.29) is 11.6 Å². The van der Waals surface area contributed by atoms with Gasteiger partial charge in [-0.15, -0.1) is 0 Å². The molecule has 0 spiro atoms. The number of ether oxygens (including phenoxy) is 1. The number of rotatable bonds is 8. The summed E-state index contributed by atoms with van der Waals surface area (Å²) in [7, 11) is 2.16. The zero-order chi connectivity index (χ0) is 25.8. The normalized spacial score (nSPS) is 14.7. The van der Waals surface area contributed by atoms with Gasteiger partial charge in [-0.1, -0.05) is 11.6 Å². The molecule has 0 radical (unpaired) electrons. The minimum atomic E-state index is -0.329. The van der Waals surface area contributed by atoms with E-state index in [1.54, 1.807) is 30.3 Å². The molecule has 192 valence electrons. The Morgan fingerprint density at radius 1 is 0.892 bits per heavy atom. The number of imidazole rings is 1. The fourth-order valence-corrected chi connectivity index (χ4v) is 4.73. The van der Waals surface area contributed by atoms with Gasteiger partial charge in [-0.2, -0.15) is 0 Å². The molecule has 0 aliphatic carbocycles. The van der Waals surface area contributed by atoms with Crippen molar-refractivity contribution in [2.45, 2.75) is 6.42 Å². The molecular weight excluding hydrogens is 494 g/mol. The van der Waals surface area contributed by atoms with E-state index in [1.165, 1.54) is 24.3 Å². The Balaban J connectivity index is 1.33. The minimum absolute atomic E-state index is 0.325. The molecular formula is C29H29ClF2N4O. The molecule has 1 aliphatic rings. The summed E-state index contributed by atoms with van der Waals surface area (Å²) in [6.07, 6.45) is 0.948. The average molecular weight is 523 g/mol. The van der Waals surface area contributed by atoms with E-state index in [0.717, 1.165) is 50.3 Å². The summed E-state index contributed by atoms with van der Waals surface area (Å²) in [6, 6.07) is 17.8. The van der Waals surface area contributed by atoms with Crippen molar-refractivity contribution in [2.24, 2.45) is 0 Å². The Labute approximate surface area is 220 Å². The van der Waals surface area contributed by atoms with Crippen molar-refractivity contribution < 1.29 is 13.5 Å². The van der Waals surface area contributed by atoms with Crippen molar-refractivity contribution in [3.63, 3.8) is 0 Å². The molecule has 4 aromatic rings. The number of H-pyrrole nitrogens is 1. The van der Waals surface area contributed by atoms with Gasteiger partial charge in [0, 0.05) is 49.4 Å². The van der Waals surface area contributed by atoms with Gasteiger partial charge >= 0.3 is 0 Å². The van der Waals surface area contributed by atoms with Gasteiger partial charge in [0.25, 0.3) is 0 Å². The Kier molecular flexibility index (Phi) is 7.84. The van der Waals surface area contributed by atoms with Crippen LogP contribution in [0.15, 0.2) is 66.7 Å². The highest BCUT2D eigenvalue weighted by Gasteiger charge is 2.18. The number of piperazine rings is 1. The third kappa shape index (κ3) is 6.18. The number of nitrogens with zero attached hydrogens (tertiary/aromatic N) is 3. The van der Waals surface area contributed by atoms with Crippen LogP contribution in [0.5, 0.6) is 5.75 Å². The smallest absolute Gasteiger partial charge is 0.140 e. The summed E-state index contributed by atoms with van der Waals surface area (Å²) in [6.45, 7) is 6.05. The van der Waals surface area contributed by atoms with Crippen molar-refractivity contribution in [3.05, 3.63) is 83.4 Å². The van der Waals surface area contributed by atoms with Crippen LogP contribution in [0.1, 0.15) is 6.42 Å². The SMILES string of the molecule is CN1CCN(CCCOc2ccc(-c3nc(-c4ccc(F)cc4)c(-c4ccc(F)cc4)[nH]3)c(Cl)c2)CC1. The predicted octanol–water partition coefficient (Wildman–Crippen LogP) is 6.36. The first-order valence-electron chi connectivity index (χ1n) is 12.4. The molecule has 1 saturated heterocycles. The maximum atomic E-state index is 13.6. The lowest BCUT2D eigenvalue weighted by Gasteiger charge is -2.32. The highest BCUT2D eigenvalue weighted by Crippen LogP contribution is 2.36. The third-order valence-electron chi connectivity index (χ3n) is 6.63. The zero-order valence-electron chi connectivity index (χ0n) is 20.7. The molecule has 1 N–H and O–H groups in total. The van der Waals surface area contributed by atoms with E-state index in [2.05, 4.69) is 21.8 Å². The monoisotopic (exact) mass is 522 g/mol.